The molecule has 1 aliphatic rings. The van der Waals surface area contributed by atoms with Gasteiger partial charge >= 0.3 is 17.9 Å². The Balaban J connectivity index is 1.82. The lowest BCUT2D eigenvalue weighted by molar-refractivity contribution is -0.175. The molecule has 24 N–H and O–H groups in total. The summed E-state index contributed by atoms with van der Waals surface area (Å²) in [4.78, 5) is 139. The average molecular weight is 1180 g/mol. The van der Waals surface area contributed by atoms with Crippen LogP contribution in [0, 0.1) is 0 Å². The number of nitrogens with zero attached hydrogens (tertiary/aromatic N) is 3. The minimum absolute atomic E-state index is 0.0167. The first kappa shape index (κ1) is 66.0. The number of cyclic esters (lactones) is 3. The molecule has 1 saturated heterocycles. The third-order valence-electron chi connectivity index (χ3n) is 12.4. The molecule has 9 unspecified atom stereocenters. The summed E-state index contributed by atoms with van der Waals surface area (Å²) < 4.78 is 17.1. The van der Waals surface area contributed by atoms with Crippen LogP contribution in [0.15, 0.2) is 69.6 Å². The Bertz CT molecular complexity index is 2690. The fraction of sp³-hybridized carbons (Fsp3) is 0.412. The first-order valence-corrected chi connectivity index (χ1v) is 25.8. The van der Waals surface area contributed by atoms with E-state index in [1.54, 1.807) is 0 Å². The molecule has 1 heterocycles. The fourth-order valence-electron chi connectivity index (χ4n) is 8.01. The van der Waals surface area contributed by atoms with Crippen molar-refractivity contribution in [2.45, 2.75) is 114 Å². The Labute approximate surface area is 478 Å². The number of phenols is 6. The maximum atomic E-state index is 14.5. The number of aliphatic imine (C=N–C) groups is 3. The zero-order valence-electron chi connectivity index (χ0n) is 45.6. The van der Waals surface area contributed by atoms with Crippen LogP contribution in [0.5, 0.6) is 34.5 Å². The van der Waals surface area contributed by atoms with Gasteiger partial charge in [0.1, 0.15) is 36.4 Å². The Morgan fingerprint density at radius 3 is 0.905 bits per heavy atom. The summed E-state index contributed by atoms with van der Waals surface area (Å²) in [5.41, 5.74) is 31.3. The second-order valence-corrected chi connectivity index (χ2v) is 18.8. The number of ether oxygens (including phenoxy) is 3. The van der Waals surface area contributed by atoms with Crippen LogP contribution in [0.4, 0.5) is 0 Å². The zero-order valence-corrected chi connectivity index (χ0v) is 45.6. The van der Waals surface area contributed by atoms with Gasteiger partial charge in [-0.15, -0.1) is 0 Å². The summed E-state index contributed by atoms with van der Waals surface area (Å²) >= 11 is 0. The molecule has 0 radical (unpaired) electrons. The topological polar surface area (TPSA) is 568 Å². The monoisotopic (exact) mass is 1180 g/mol. The molecule has 6 amide bonds. The van der Waals surface area contributed by atoms with Crippen molar-refractivity contribution in [3.63, 3.8) is 0 Å². The highest BCUT2D eigenvalue weighted by molar-refractivity contribution is 6.03. The molecular weight excluding hydrogens is 1110 g/mol. The van der Waals surface area contributed by atoms with Crippen molar-refractivity contribution >= 4 is 71.2 Å². The van der Waals surface area contributed by atoms with Crippen LogP contribution in [0.2, 0.25) is 0 Å². The van der Waals surface area contributed by atoms with Gasteiger partial charge in [0, 0.05) is 19.6 Å². The van der Waals surface area contributed by atoms with E-state index in [0.29, 0.717) is 0 Å². The first-order chi connectivity index (χ1) is 39.6. The Kier molecular flexibility index (Phi) is 24.3. The van der Waals surface area contributed by atoms with Crippen LogP contribution in [0.1, 0.15) is 90.4 Å². The van der Waals surface area contributed by atoms with Crippen LogP contribution in [-0.4, -0.2) is 176 Å². The molecule has 0 saturated carbocycles. The van der Waals surface area contributed by atoms with Gasteiger partial charge in [-0.05, 0) is 95.7 Å². The first-order valence-electron chi connectivity index (χ1n) is 25.8. The smallest absolute Gasteiger partial charge is 0.332 e. The third-order valence-corrected chi connectivity index (χ3v) is 12.4. The lowest BCUT2D eigenvalue weighted by atomic mass is 10.0. The van der Waals surface area contributed by atoms with Gasteiger partial charge in [0.2, 0.25) is 17.7 Å². The van der Waals surface area contributed by atoms with Crippen molar-refractivity contribution in [1.82, 2.24) is 31.9 Å². The number of carbonyl (C=O) groups excluding carboxylic acids is 9. The SMILES string of the molecule is CC1OC(=O)C(NC(=O)C(CCCN=C(N)N)NC(=O)c2cccc(O)c2O)C(C)OC(=O)C(NC(=O)C(CCCN=C(N)N)NC(=O)c2cccc(O)c2O)C(C)OC(=O)C1NC(=O)C(CCCN=C(N)N)NC(=O)c1cccc(O)c1O. The number of phenolic OH excluding ortho intramolecular Hbond substituents is 6. The van der Waals surface area contributed by atoms with E-state index in [9.17, 15) is 73.8 Å². The van der Waals surface area contributed by atoms with Crippen LogP contribution < -0.4 is 66.3 Å². The van der Waals surface area contributed by atoms with Crippen molar-refractivity contribution < 1.29 is 88.0 Å². The van der Waals surface area contributed by atoms with E-state index in [0.717, 1.165) is 57.2 Å². The predicted molar refractivity (Wildman–Crippen MR) is 295 cm³/mol. The van der Waals surface area contributed by atoms with Gasteiger partial charge in [-0.1, -0.05) is 18.2 Å². The standard InChI is InChI=1S/C51H69N15O18/c1-22-34(64-43(76)28(13-7-19-58-49(52)53)61-40(73)25-10-4-16-31(67)37(25)70)46(79)83-24(3)36(66-45(78)30(15-9-21-60-51(56)57)63-42(75)27-12-6-18-33(69)39(27)72)48(81)84-23(2)35(47(80)82-22)65-44(77)29(14-8-20-59-50(54)55)62-41(74)26-11-5-17-32(68)38(26)71/h4-6,10-12,16-18,22-24,28-30,34-36,67-72H,7-9,13-15,19-21H2,1-3H3,(H,61,73)(H,62,74)(H,63,75)(H,64,76)(H,65,77)(H,66,78)(H4,52,53,58)(H4,54,55,59)(H4,56,57,60). The second kappa shape index (κ2) is 30.9. The number of esters is 3. The van der Waals surface area contributed by atoms with Gasteiger partial charge in [-0.25, -0.2) is 14.4 Å². The quantitative estimate of drug-likeness (QED) is 0.0102. The molecular formula is C51H69N15O18. The number of carbonyl (C=O) groups is 9. The van der Waals surface area contributed by atoms with E-state index in [-0.39, 0.29) is 76.0 Å². The van der Waals surface area contributed by atoms with Crippen molar-refractivity contribution in [3.8, 4) is 34.5 Å². The molecule has 33 nitrogen and oxygen atoms in total. The van der Waals surface area contributed by atoms with Gasteiger partial charge in [0.25, 0.3) is 17.7 Å². The average Bonchev–Trinajstić information content (AvgIpc) is 3.61. The largest absolute Gasteiger partial charge is 0.504 e. The summed E-state index contributed by atoms with van der Waals surface area (Å²) in [6.07, 6.45) is -6.38. The molecule has 3 aromatic carbocycles. The second-order valence-electron chi connectivity index (χ2n) is 18.8. The summed E-state index contributed by atoms with van der Waals surface area (Å²) in [5.74, 6) is -16.8. The van der Waals surface area contributed by atoms with E-state index in [4.69, 9.17) is 48.6 Å². The van der Waals surface area contributed by atoms with Crippen LogP contribution in [0.3, 0.4) is 0 Å². The number of aromatic hydroxyl groups is 6. The maximum Gasteiger partial charge on any atom is 0.332 e. The number of nitrogens with one attached hydrogen (secondary N) is 6. The fourth-order valence-corrected chi connectivity index (χ4v) is 8.01. The summed E-state index contributed by atoms with van der Waals surface area (Å²) in [6, 6.07) is -0.985. The number of nitrogens with two attached hydrogens (primary N) is 6. The van der Waals surface area contributed by atoms with E-state index >= 15 is 0 Å². The van der Waals surface area contributed by atoms with Crippen molar-refractivity contribution in [1.29, 1.82) is 0 Å². The minimum atomic E-state index is -2.11. The normalized spacial score (nSPS) is 19.0. The van der Waals surface area contributed by atoms with Gasteiger partial charge in [-0.2, -0.15) is 0 Å². The highest BCUT2D eigenvalue weighted by Gasteiger charge is 2.43. The van der Waals surface area contributed by atoms with Gasteiger partial charge in [-0.3, -0.25) is 43.7 Å². The van der Waals surface area contributed by atoms with Gasteiger partial charge in [0.15, 0.2) is 70.5 Å². The van der Waals surface area contributed by atoms with Crippen molar-refractivity contribution in [2.75, 3.05) is 19.6 Å². The Morgan fingerprint density at radius 1 is 0.440 bits per heavy atom. The molecule has 84 heavy (non-hydrogen) atoms. The number of rotatable bonds is 24. The van der Waals surface area contributed by atoms with E-state index in [1.807, 2.05) is 0 Å². The minimum Gasteiger partial charge on any atom is -0.504 e. The molecule has 0 bridgehead atoms. The molecule has 0 spiro atoms. The van der Waals surface area contributed by atoms with E-state index in [2.05, 4.69) is 46.9 Å². The molecule has 456 valence electrons. The molecule has 9 atom stereocenters. The van der Waals surface area contributed by atoms with E-state index < -0.39 is 159 Å². The molecule has 0 aromatic heterocycles. The lowest BCUT2D eigenvalue weighted by Gasteiger charge is -2.33. The number of hydrogen-bond donors (Lipinski definition) is 18. The van der Waals surface area contributed by atoms with Crippen LogP contribution in [0.25, 0.3) is 0 Å². The molecule has 33 heteroatoms. The summed E-state index contributed by atoms with van der Waals surface area (Å²) in [6.45, 7) is 3.01. The maximum absolute atomic E-state index is 14.5. The summed E-state index contributed by atoms with van der Waals surface area (Å²) in [7, 11) is 0. The molecule has 3 aromatic rings. The van der Waals surface area contributed by atoms with Crippen molar-refractivity contribution in [3.05, 3.63) is 71.3 Å². The number of amides is 6. The number of para-hydroxylation sites is 3. The van der Waals surface area contributed by atoms with Crippen molar-refractivity contribution in [2.24, 2.45) is 49.4 Å². The third kappa shape index (κ3) is 19.1. The van der Waals surface area contributed by atoms with Gasteiger partial charge in [0.05, 0.1) is 16.7 Å². The number of guanidine groups is 3. The van der Waals surface area contributed by atoms with Crippen LogP contribution >= 0.6 is 0 Å². The van der Waals surface area contributed by atoms with Crippen LogP contribution in [-0.2, 0) is 43.0 Å². The predicted octanol–water partition coefficient (Wildman–Crippen LogP) is -3.96. The summed E-state index contributed by atoms with van der Waals surface area (Å²) in [5, 5.41) is 75.9. The Morgan fingerprint density at radius 2 is 0.679 bits per heavy atom. The molecule has 0 aliphatic carbocycles. The van der Waals surface area contributed by atoms with Gasteiger partial charge < -0.3 is 111 Å². The lowest BCUT2D eigenvalue weighted by Crippen LogP contribution is -2.61. The van der Waals surface area contributed by atoms with E-state index in [1.165, 1.54) is 18.2 Å². The number of hydrogen-bond acceptors (Lipinski definition) is 21. The Hall–Kier alpha value is -10.5. The zero-order chi connectivity index (χ0) is 62.5. The molecule has 1 aliphatic heterocycles. The highest BCUT2D eigenvalue weighted by Crippen LogP contribution is 2.30. The molecule has 1 fully saturated rings. The molecule has 4 rings (SSSR count). The number of benzene rings is 3. The highest BCUT2D eigenvalue weighted by atomic mass is 16.6.